The first-order valence-electron chi connectivity index (χ1n) is 6.59. The van der Waals surface area contributed by atoms with E-state index in [0.717, 1.165) is 12.8 Å². The summed E-state index contributed by atoms with van der Waals surface area (Å²) in [6.45, 7) is 2.83. The second kappa shape index (κ2) is 6.40. The Kier molecular flexibility index (Phi) is 5.18. The van der Waals surface area contributed by atoms with Crippen molar-refractivity contribution >= 4 is 33.2 Å². The molecular weight excluding hydrogens is 335 g/mol. The molecule has 1 fully saturated rings. The minimum Gasteiger partial charge on any atom is -0.374 e. The van der Waals surface area contributed by atoms with Crippen LogP contribution in [0, 0.1) is 0 Å². The molecule has 1 heterocycles. The first-order chi connectivity index (χ1) is 9.77. The van der Waals surface area contributed by atoms with Crippen molar-refractivity contribution in [3.05, 3.63) is 27.7 Å². The lowest BCUT2D eigenvalue weighted by Gasteiger charge is -2.23. The Balaban J connectivity index is 2.25. The zero-order valence-electron chi connectivity index (χ0n) is 11.7. The summed E-state index contributed by atoms with van der Waals surface area (Å²) < 4.78 is 32.9. The Morgan fingerprint density at radius 3 is 2.71 bits per heavy atom. The summed E-state index contributed by atoms with van der Waals surface area (Å²) in [5.74, 6) is 0. The topological polar surface area (TPSA) is 81.4 Å². The quantitative estimate of drug-likeness (QED) is 0.851. The van der Waals surface area contributed by atoms with Crippen LogP contribution >= 0.6 is 23.2 Å². The van der Waals surface area contributed by atoms with Gasteiger partial charge in [-0.25, -0.2) is 13.1 Å². The lowest BCUT2D eigenvalue weighted by Crippen LogP contribution is -2.40. The van der Waals surface area contributed by atoms with E-state index in [1.807, 2.05) is 6.92 Å². The second-order valence-corrected chi connectivity index (χ2v) is 7.86. The third-order valence-corrected chi connectivity index (χ3v) is 5.73. The third kappa shape index (κ3) is 3.88. The van der Waals surface area contributed by atoms with Gasteiger partial charge in [-0.1, -0.05) is 23.2 Å². The number of halogens is 2. The lowest BCUT2D eigenvalue weighted by atomic mass is 10.0. The molecule has 0 bridgehead atoms. The van der Waals surface area contributed by atoms with E-state index >= 15 is 0 Å². The standard InChI is InChI=1S/C13H18Cl2N2O3S/c1-13(3-2-4-20-13)8-17-21(18,19)11-6-10(14)5-9(7-16)12(11)15/h5-6,17H,2-4,7-8,16H2,1H3. The summed E-state index contributed by atoms with van der Waals surface area (Å²) in [6.07, 6.45) is 1.74. The fourth-order valence-corrected chi connectivity index (χ4v) is 4.36. The third-order valence-electron chi connectivity index (χ3n) is 3.53. The maximum atomic E-state index is 12.4. The predicted octanol–water partition coefficient (Wildman–Crippen LogP) is 2.30. The monoisotopic (exact) mass is 352 g/mol. The van der Waals surface area contributed by atoms with Crippen LogP contribution in [0.25, 0.3) is 0 Å². The summed E-state index contributed by atoms with van der Waals surface area (Å²) in [7, 11) is -3.77. The first kappa shape index (κ1) is 17.0. The Bertz CT molecular complexity index is 629. The molecule has 1 saturated heterocycles. The highest BCUT2D eigenvalue weighted by Gasteiger charge is 2.32. The van der Waals surface area contributed by atoms with Gasteiger partial charge in [0.05, 0.1) is 10.6 Å². The summed E-state index contributed by atoms with van der Waals surface area (Å²) in [5.41, 5.74) is 5.56. The second-order valence-electron chi connectivity index (χ2n) is 5.31. The highest BCUT2D eigenvalue weighted by atomic mass is 35.5. The van der Waals surface area contributed by atoms with E-state index in [0.29, 0.717) is 12.2 Å². The molecule has 1 aromatic rings. The van der Waals surface area contributed by atoms with Gasteiger partial charge in [-0.05, 0) is 37.5 Å². The van der Waals surface area contributed by atoms with Crippen molar-refractivity contribution in [1.29, 1.82) is 0 Å². The van der Waals surface area contributed by atoms with Gasteiger partial charge in [-0.2, -0.15) is 0 Å². The van der Waals surface area contributed by atoms with E-state index in [-0.39, 0.29) is 28.0 Å². The Morgan fingerprint density at radius 2 is 2.14 bits per heavy atom. The average Bonchev–Trinajstić information content (AvgIpc) is 2.86. The number of rotatable bonds is 5. The fourth-order valence-electron chi connectivity index (χ4n) is 2.26. The number of hydrogen-bond donors (Lipinski definition) is 2. The van der Waals surface area contributed by atoms with Gasteiger partial charge >= 0.3 is 0 Å². The van der Waals surface area contributed by atoms with Crippen LogP contribution < -0.4 is 10.5 Å². The maximum absolute atomic E-state index is 12.4. The van der Waals surface area contributed by atoms with E-state index < -0.39 is 15.6 Å². The molecule has 0 radical (unpaired) electrons. The van der Waals surface area contributed by atoms with Gasteiger partial charge in [0.2, 0.25) is 10.0 Å². The van der Waals surface area contributed by atoms with E-state index in [4.69, 9.17) is 33.7 Å². The van der Waals surface area contributed by atoms with E-state index in [1.54, 1.807) is 6.07 Å². The fraction of sp³-hybridized carbons (Fsp3) is 0.538. The van der Waals surface area contributed by atoms with Gasteiger partial charge < -0.3 is 10.5 Å². The van der Waals surface area contributed by atoms with Crippen LogP contribution in [0.15, 0.2) is 17.0 Å². The number of ether oxygens (including phenoxy) is 1. The molecule has 8 heteroatoms. The van der Waals surface area contributed by atoms with Crippen LogP contribution in [0.5, 0.6) is 0 Å². The van der Waals surface area contributed by atoms with Gasteiger partial charge in [-0.3, -0.25) is 0 Å². The smallest absolute Gasteiger partial charge is 0.242 e. The van der Waals surface area contributed by atoms with Gasteiger partial charge in [0, 0.05) is 24.7 Å². The minimum absolute atomic E-state index is 0.0567. The number of hydrogen-bond acceptors (Lipinski definition) is 4. The number of nitrogens with two attached hydrogens (primary N) is 1. The van der Waals surface area contributed by atoms with E-state index in [9.17, 15) is 8.42 Å². The van der Waals surface area contributed by atoms with Gasteiger partial charge in [0.15, 0.2) is 0 Å². The average molecular weight is 353 g/mol. The highest BCUT2D eigenvalue weighted by Crippen LogP contribution is 2.30. The van der Waals surface area contributed by atoms with Crippen molar-refractivity contribution in [1.82, 2.24) is 4.72 Å². The molecule has 21 heavy (non-hydrogen) atoms. The zero-order valence-corrected chi connectivity index (χ0v) is 14.0. The van der Waals surface area contributed by atoms with E-state index in [1.165, 1.54) is 6.07 Å². The molecule has 1 aliphatic heterocycles. The van der Waals surface area contributed by atoms with Crippen LogP contribution in [0.3, 0.4) is 0 Å². The molecule has 0 saturated carbocycles. The van der Waals surface area contributed by atoms with Gasteiger partial charge in [0.1, 0.15) is 4.90 Å². The van der Waals surface area contributed by atoms with Crippen LogP contribution in [0.2, 0.25) is 10.0 Å². The van der Waals surface area contributed by atoms with Crippen molar-refractivity contribution < 1.29 is 13.2 Å². The number of nitrogens with one attached hydrogen (secondary N) is 1. The number of sulfonamides is 1. The molecule has 3 N–H and O–H groups in total. The van der Waals surface area contributed by atoms with Crippen LogP contribution in [0.4, 0.5) is 0 Å². The molecule has 118 valence electrons. The van der Waals surface area contributed by atoms with Crippen molar-refractivity contribution in [2.75, 3.05) is 13.2 Å². The van der Waals surface area contributed by atoms with Gasteiger partial charge in [0.25, 0.3) is 0 Å². The summed E-state index contributed by atoms with van der Waals surface area (Å²) in [5, 5.41) is 0.385. The van der Waals surface area contributed by atoms with E-state index in [2.05, 4.69) is 4.72 Å². The molecule has 0 spiro atoms. The molecule has 0 aromatic heterocycles. The van der Waals surface area contributed by atoms with Crippen LogP contribution in [-0.2, 0) is 21.3 Å². The first-order valence-corrected chi connectivity index (χ1v) is 8.83. The molecule has 1 unspecified atom stereocenters. The zero-order chi connectivity index (χ0) is 15.7. The molecular formula is C13H18Cl2N2O3S. The lowest BCUT2D eigenvalue weighted by molar-refractivity contribution is 0.0250. The summed E-state index contributed by atoms with van der Waals surface area (Å²) in [6, 6.07) is 2.88. The Hall–Kier alpha value is -0.370. The van der Waals surface area contributed by atoms with Crippen LogP contribution in [0.1, 0.15) is 25.3 Å². The summed E-state index contributed by atoms with van der Waals surface area (Å²) in [4.78, 5) is -0.0567. The maximum Gasteiger partial charge on any atom is 0.242 e. The van der Waals surface area contributed by atoms with Gasteiger partial charge in [-0.15, -0.1) is 0 Å². The summed E-state index contributed by atoms with van der Waals surface area (Å²) >= 11 is 12.0. The molecule has 5 nitrogen and oxygen atoms in total. The normalized spacial score (nSPS) is 22.7. The van der Waals surface area contributed by atoms with Crippen molar-refractivity contribution in [3.8, 4) is 0 Å². The molecule has 0 amide bonds. The predicted molar refractivity (Wildman–Crippen MR) is 83.1 cm³/mol. The van der Waals surface area contributed by atoms with Crippen molar-refractivity contribution in [2.24, 2.45) is 5.73 Å². The Morgan fingerprint density at radius 1 is 1.43 bits per heavy atom. The molecule has 2 rings (SSSR count). The molecule has 1 atom stereocenters. The Labute approximate surface area is 134 Å². The minimum atomic E-state index is -3.77. The highest BCUT2D eigenvalue weighted by molar-refractivity contribution is 7.89. The van der Waals surface area contributed by atoms with Crippen molar-refractivity contribution in [2.45, 2.75) is 36.8 Å². The van der Waals surface area contributed by atoms with Crippen LogP contribution in [-0.4, -0.2) is 27.2 Å². The van der Waals surface area contributed by atoms with Crippen molar-refractivity contribution in [3.63, 3.8) is 0 Å². The largest absolute Gasteiger partial charge is 0.374 e. The molecule has 1 aromatic carbocycles. The molecule has 0 aliphatic carbocycles. The SMILES string of the molecule is CC1(CNS(=O)(=O)c2cc(Cl)cc(CN)c2Cl)CCCO1. The number of benzene rings is 1. The molecule has 1 aliphatic rings.